The predicted molar refractivity (Wildman–Crippen MR) is 35.6 cm³/mol. The van der Waals surface area contributed by atoms with Gasteiger partial charge in [-0.1, -0.05) is 0 Å². The van der Waals surface area contributed by atoms with Crippen LogP contribution >= 0.6 is 7.81 Å². The molecule has 0 bridgehead atoms. The van der Waals surface area contributed by atoms with Gasteiger partial charge in [-0.25, -0.2) is 0 Å². The number of hydrogen-bond acceptors (Lipinski definition) is 2. The molecule has 2 N–H and O–H groups in total. The zero-order valence-electron chi connectivity index (χ0n) is 3.26. The van der Waals surface area contributed by atoms with Crippen LogP contribution in [0.3, 0.4) is 0 Å². The van der Waals surface area contributed by atoms with Gasteiger partial charge in [0, 0.05) is 0 Å². The van der Waals surface area contributed by atoms with Crippen molar-refractivity contribution in [2.45, 2.75) is 0 Å². The Hall–Kier alpha value is 0.830. The molecular weight excluding hydrogens is 133 g/mol. The first-order valence-electron chi connectivity index (χ1n) is 1.55. The summed E-state index contributed by atoms with van der Waals surface area (Å²) < 4.78 is 0. The quantitative estimate of drug-likeness (QED) is 0.530. The van der Waals surface area contributed by atoms with Crippen LogP contribution in [0.15, 0.2) is 0 Å². The third-order valence-corrected chi connectivity index (χ3v) is 1.93. The Kier molecular flexibility index (Phi) is 4.56. The topological polar surface area (TPSA) is 26.0 Å². The van der Waals surface area contributed by atoms with Gasteiger partial charge in [0.25, 0.3) is 0 Å². The molecule has 0 aliphatic carbocycles. The molecule has 0 unspecified atom stereocenters. The van der Waals surface area contributed by atoms with E-state index in [0.29, 0.717) is 6.54 Å². The molecule has 0 atom stereocenters. The van der Waals surface area contributed by atoms with Gasteiger partial charge in [0.05, 0.1) is 0 Å². The van der Waals surface area contributed by atoms with Gasteiger partial charge in [-0.05, 0) is 0 Å². The molecule has 36 valence electrons. The Labute approximate surface area is 46.0 Å². The van der Waals surface area contributed by atoms with E-state index >= 15 is 0 Å². The predicted octanol–water partition coefficient (Wildman–Crippen LogP) is 0.351. The molecule has 0 heterocycles. The SMILES string of the molecule is NCCS(#P)=S. The van der Waals surface area contributed by atoms with Gasteiger partial charge in [-0.3, -0.25) is 0 Å². The van der Waals surface area contributed by atoms with E-state index in [4.69, 9.17) is 5.73 Å². The third kappa shape index (κ3) is 4.83. The number of hydrogen-bond donors (Lipinski definition) is 1. The molecule has 6 heavy (non-hydrogen) atoms. The fourth-order valence-electron chi connectivity index (χ4n) is 0.101. The van der Waals surface area contributed by atoms with Crippen molar-refractivity contribution in [2.75, 3.05) is 12.3 Å². The molecule has 0 aromatic heterocycles. The fraction of sp³-hybridized carbons (Fsp3) is 1.00. The van der Waals surface area contributed by atoms with Crippen LogP contribution in [-0.4, -0.2) is 12.3 Å². The Morgan fingerprint density at radius 1 is 1.83 bits per heavy atom. The molecule has 0 rings (SSSR count). The molecule has 0 radical (unpaired) electrons. The second kappa shape index (κ2) is 4.00. The van der Waals surface area contributed by atoms with Crippen molar-refractivity contribution >= 4 is 27.4 Å². The van der Waals surface area contributed by atoms with E-state index in [1.165, 1.54) is 0 Å². The molecule has 0 aromatic rings. The Balaban J connectivity index is 3.16. The molecular formula is C2H6NPS2. The van der Waals surface area contributed by atoms with Crippen LogP contribution in [0.2, 0.25) is 0 Å². The summed E-state index contributed by atoms with van der Waals surface area (Å²) >= 11 is 4.69. The van der Waals surface area contributed by atoms with Crippen LogP contribution in [0.4, 0.5) is 0 Å². The van der Waals surface area contributed by atoms with E-state index in [9.17, 15) is 0 Å². The summed E-state index contributed by atoms with van der Waals surface area (Å²) in [7, 11) is 3.78. The van der Waals surface area contributed by atoms with Crippen molar-refractivity contribution in [2.24, 2.45) is 5.73 Å². The molecule has 0 aliphatic heterocycles. The molecule has 0 amide bonds. The summed E-state index contributed by atoms with van der Waals surface area (Å²) in [4.78, 5) is 0. The summed E-state index contributed by atoms with van der Waals surface area (Å²) in [6, 6.07) is 0. The van der Waals surface area contributed by atoms with Crippen molar-refractivity contribution in [3.8, 4) is 0 Å². The molecule has 0 saturated heterocycles. The van der Waals surface area contributed by atoms with E-state index in [0.717, 1.165) is 5.75 Å². The first kappa shape index (κ1) is 6.83. The molecule has 1 nitrogen and oxygen atoms in total. The standard InChI is InChI=1S/C2H6NPS2/c3-1-2-6(4)5/h1-3H2. The van der Waals surface area contributed by atoms with Crippen molar-refractivity contribution in [3.63, 3.8) is 0 Å². The van der Waals surface area contributed by atoms with E-state index in [1.54, 1.807) is 0 Å². The average Bonchev–Trinajstić information content (AvgIpc) is 1.35. The summed E-state index contributed by atoms with van der Waals surface area (Å²) in [6.07, 6.45) is 0. The van der Waals surface area contributed by atoms with Gasteiger partial charge >= 0.3 is 45.5 Å². The van der Waals surface area contributed by atoms with Crippen molar-refractivity contribution in [1.82, 2.24) is 0 Å². The summed E-state index contributed by atoms with van der Waals surface area (Å²) in [6.45, 7) is 0.663. The maximum absolute atomic E-state index is 5.12. The van der Waals surface area contributed by atoms with E-state index in [2.05, 4.69) is 19.0 Å². The molecule has 0 spiro atoms. The van der Waals surface area contributed by atoms with Gasteiger partial charge in [0.1, 0.15) is 0 Å². The fourth-order valence-corrected chi connectivity index (χ4v) is 0.907. The van der Waals surface area contributed by atoms with Gasteiger partial charge in [-0.2, -0.15) is 0 Å². The van der Waals surface area contributed by atoms with Crippen LogP contribution in [0, 0.1) is 0 Å². The van der Waals surface area contributed by atoms with E-state index in [1.807, 2.05) is 0 Å². The normalized spacial score (nSPS) is 8.00. The van der Waals surface area contributed by atoms with Gasteiger partial charge in [0.15, 0.2) is 0 Å². The Bertz CT molecular complexity index is 123. The molecule has 0 saturated carbocycles. The maximum atomic E-state index is 5.12. The zero-order valence-corrected chi connectivity index (χ0v) is 5.78. The Morgan fingerprint density at radius 3 is 2.33 bits per heavy atom. The third-order valence-electron chi connectivity index (χ3n) is 0.292. The Morgan fingerprint density at radius 2 is 2.33 bits per heavy atom. The van der Waals surface area contributed by atoms with Gasteiger partial charge in [0.2, 0.25) is 0 Å². The first-order valence-corrected chi connectivity index (χ1v) is 4.92. The van der Waals surface area contributed by atoms with Crippen molar-refractivity contribution < 1.29 is 0 Å². The monoisotopic (exact) mass is 139 g/mol. The van der Waals surface area contributed by atoms with Gasteiger partial charge < -0.3 is 0 Å². The van der Waals surface area contributed by atoms with Crippen molar-refractivity contribution in [3.05, 3.63) is 0 Å². The summed E-state index contributed by atoms with van der Waals surface area (Å²) in [5, 5.41) is 0. The van der Waals surface area contributed by atoms with E-state index < -0.39 is 0 Å². The first-order chi connectivity index (χ1) is 2.77. The zero-order chi connectivity index (χ0) is 4.99. The van der Waals surface area contributed by atoms with Crippen LogP contribution in [0.25, 0.3) is 0 Å². The average molecular weight is 139 g/mol. The van der Waals surface area contributed by atoms with Crippen molar-refractivity contribution in [1.29, 1.82) is 0 Å². The molecule has 4 heteroatoms. The second-order valence-corrected chi connectivity index (χ2v) is 5.14. The van der Waals surface area contributed by atoms with Crippen LogP contribution < -0.4 is 5.73 Å². The second-order valence-electron chi connectivity index (χ2n) is 0.814. The van der Waals surface area contributed by atoms with Crippen LogP contribution in [0.5, 0.6) is 0 Å². The van der Waals surface area contributed by atoms with Crippen LogP contribution in [0.1, 0.15) is 0 Å². The minimum absolute atomic E-state index is 0.163. The molecule has 0 aromatic carbocycles. The van der Waals surface area contributed by atoms with Crippen LogP contribution in [-0.2, 0) is 19.6 Å². The molecule has 0 fully saturated rings. The van der Waals surface area contributed by atoms with E-state index in [-0.39, 0.29) is 8.43 Å². The summed E-state index contributed by atoms with van der Waals surface area (Å²) in [5.41, 5.74) is 5.12. The minimum atomic E-state index is -0.163. The molecule has 0 aliphatic rings. The number of nitrogens with two attached hydrogens (primary N) is 1. The summed E-state index contributed by atoms with van der Waals surface area (Å²) in [5.74, 6) is 0.860. The van der Waals surface area contributed by atoms with Gasteiger partial charge in [-0.15, -0.1) is 0 Å². The number of rotatable bonds is 1.